The average Bonchev–Trinajstić information content (AvgIpc) is 2.56. The number of nitrogens with two attached hydrogens (primary N) is 1. The van der Waals surface area contributed by atoms with Gasteiger partial charge in [0.1, 0.15) is 5.69 Å². The minimum Gasteiger partial charge on any atom is -0.505 e. The molecule has 0 aliphatic carbocycles. The van der Waals surface area contributed by atoms with Crippen LogP contribution >= 0.6 is 27.5 Å². The molecule has 1 amide bonds. The van der Waals surface area contributed by atoms with Crippen LogP contribution in [0, 0.1) is 0 Å². The molecule has 6 heteroatoms. The first-order valence-corrected chi connectivity index (χ1v) is 8.18. The van der Waals surface area contributed by atoms with Crippen molar-refractivity contribution in [2.45, 2.75) is 0 Å². The molecule has 0 radical (unpaired) electrons. The summed E-state index contributed by atoms with van der Waals surface area (Å²) >= 11 is 9.28. The number of amides is 1. The molecular formula is C18H12BrClN2O2. The Morgan fingerprint density at radius 3 is 2.21 bits per heavy atom. The summed E-state index contributed by atoms with van der Waals surface area (Å²) in [5.74, 6) is -0.964. The van der Waals surface area contributed by atoms with Gasteiger partial charge in [-0.15, -0.1) is 0 Å². The number of nitrogens with zero attached hydrogens (tertiary/aromatic N) is 1. The number of rotatable bonds is 3. The topological polar surface area (TPSA) is 76.2 Å². The molecule has 0 saturated heterocycles. The lowest BCUT2D eigenvalue weighted by Crippen LogP contribution is -2.12. The predicted octanol–water partition coefficient (Wildman–Crippen LogP) is 4.64. The molecule has 4 nitrogen and oxygen atoms in total. The van der Waals surface area contributed by atoms with Gasteiger partial charge < -0.3 is 10.8 Å². The quantitative estimate of drug-likeness (QED) is 0.669. The third kappa shape index (κ3) is 3.27. The van der Waals surface area contributed by atoms with E-state index in [2.05, 4.69) is 20.9 Å². The van der Waals surface area contributed by atoms with E-state index in [0.717, 1.165) is 10.0 Å². The van der Waals surface area contributed by atoms with Crippen LogP contribution in [0.25, 0.3) is 22.5 Å². The molecular weight excluding hydrogens is 392 g/mol. The van der Waals surface area contributed by atoms with E-state index in [4.69, 9.17) is 17.3 Å². The number of aromatic hydroxyl groups is 1. The van der Waals surface area contributed by atoms with E-state index in [0.29, 0.717) is 16.3 Å². The molecule has 0 aliphatic rings. The molecule has 1 aromatic heterocycles. The van der Waals surface area contributed by atoms with Crippen molar-refractivity contribution < 1.29 is 9.90 Å². The number of carbonyl (C=O) groups is 1. The second kappa shape index (κ2) is 6.63. The van der Waals surface area contributed by atoms with Crippen molar-refractivity contribution in [3.8, 4) is 28.3 Å². The number of primary amides is 1. The zero-order chi connectivity index (χ0) is 17.3. The summed E-state index contributed by atoms with van der Waals surface area (Å²) in [6.45, 7) is 0. The number of aromatic nitrogens is 1. The Bertz CT molecular complexity index is 910. The van der Waals surface area contributed by atoms with Crippen LogP contribution in [0.15, 0.2) is 59.1 Å². The van der Waals surface area contributed by atoms with Crippen LogP contribution in [-0.2, 0) is 0 Å². The van der Waals surface area contributed by atoms with Gasteiger partial charge in [-0.25, -0.2) is 4.98 Å². The highest BCUT2D eigenvalue weighted by atomic mass is 79.9. The fraction of sp³-hybridized carbons (Fsp3) is 0. The van der Waals surface area contributed by atoms with Crippen molar-refractivity contribution in [2.75, 3.05) is 0 Å². The van der Waals surface area contributed by atoms with Gasteiger partial charge in [0.05, 0.1) is 11.3 Å². The molecule has 0 saturated carbocycles. The van der Waals surface area contributed by atoms with Crippen LogP contribution in [0.1, 0.15) is 10.4 Å². The summed E-state index contributed by atoms with van der Waals surface area (Å²) in [5, 5.41) is 11.0. The molecule has 2 aromatic carbocycles. The molecule has 0 unspecified atom stereocenters. The van der Waals surface area contributed by atoms with Crippen LogP contribution in [0.3, 0.4) is 0 Å². The minimum atomic E-state index is -0.719. The molecule has 0 atom stereocenters. The molecule has 3 rings (SSSR count). The summed E-state index contributed by atoms with van der Waals surface area (Å²) in [4.78, 5) is 16.2. The summed E-state index contributed by atoms with van der Waals surface area (Å²) < 4.78 is 0.929. The van der Waals surface area contributed by atoms with Crippen molar-refractivity contribution in [3.05, 3.63) is 69.7 Å². The largest absolute Gasteiger partial charge is 0.505 e. The summed E-state index contributed by atoms with van der Waals surface area (Å²) in [7, 11) is 0. The van der Waals surface area contributed by atoms with Gasteiger partial charge in [-0.2, -0.15) is 0 Å². The van der Waals surface area contributed by atoms with E-state index in [1.807, 2.05) is 24.3 Å². The van der Waals surface area contributed by atoms with Gasteiger partial charge in [0.25, 0.3) is 5.91 Å². The average molecular weight is 404 g/mol. The maximum absolute atomic E-state index is 11.7. The number of benzene rings is 2. The van der Waals surface area contributed by atoms with E-state index in [1.54, 1.807) is 24.3 Å². The van der Waals surface area contributed by atoms with E-state index in [9.17, 15) is 9.90 Å². The Morgan fingerprint density at radius 1 is 1.04 bits per heavy atom. The standard InChI is InChI=1S/C18H12BrClN2O2/c19-12-5-1-10(2-6-12)15-9-14(18(21)24)17(23)16(22-15)11-3-7-13(20)8-4-11/h1-9,23H,(H2,21,24). The number of hydrogen-bond acceptors (Lipinski definition) is 3. The zero-order valence-electron chi connectivity index (χ0n) is 12.3. The molecule has 120 valence electrons. The van der Waals surface area contributed by atoms with E-state index in [-0.39, 0.29) is 17.0 Å². The molecule has 3 N–H and O–H groups in total. The van der Waals surface area contributed by atoms with E-state index in [1.165, 1.54) is 6.07 Å². The Hall–Kier alpha value is -2.37. The Morgan fingerprint density at radius 2 is 1.62 bits per heavy atom. The van der Waals surface area contributed by atoms with Gasteiger partial charge in [-0.3, -0.25) is 4.79 Å². The van der Waals surface area contributed by atoms with Gasteiger partial charge in [0.2, 0.25) is 0 Å². The van der Waals surface area contributed by atoms with Crippen molar-refractivity contribution in [2.24, 2.45) is 5.73 Å². The Balaban J connectivity index is 2.22. The third-order valence-electron chi connectivity index (χ3n) is 3.52. The Kier molecular flexibility index (Phi) is 4.55. The first-order valence-electron chi connectivity index (χ1n) is 7.01. The summed E-state index contributed by atoms with van der Waals surface area (Å²) in [6.07, 6.45) is 0. The maximum atomic E-state index is 11.7. The number of pyridine rings is 1. The van der Waals surface area contributed by atoms with E-state index >= 15 is 0 Å². The molecule has 3 aromatic rings. The van der Waals surface area contributed by atoms with Gasteiger partial charge >= 0.3 is 0 Å². The second-order valence-electron chi connectivity index (χ2n) is 5.13. The third-order valence-corrected chi connectivity index (χ3v) is 4.30. The molecule has 0 aliphatic heterocycles. The van der Waals surface area contributed by atoms with Crippen molar-refractivity contribution in [1.29, 1.82) is 0 Å². The molecule has 1 heterocycles. The van der Waals surface area contributed by atoms with Gasteiger partial charge in [-0.1, -0.05) is 51.8 Å². The van der Waals surface area contributed by atoms with Gasteiger partial charge in [0.15, 0.2) is 5.75 Å². The fourth-order valence-electron chi connectivity index (χ4n) is 2.30. The summed E-state index contributed by atoms with van der Waals surface area (Å²) in [6, 6.07) is 15.8. The zero-order valence-corrected chi connectivity index (χ0v) is 14.7. The Labute approximate surface area is 152 Å². The van der Waals surface area contributed by atoms with Crippen molar-refractivity contribution >= 4 is 33.4 Å². The molecule has 0 bridgehead atoms. The normalized spacial score (nSPS) is 10.6. The lowest BCUT2D eigenvalue weighted by molar-refractivity contribution is 0.0997. The minimum absolute atomic E-state index is 0.0212. The molecule has 0 fully saturated rings. The van der Waals surface area contributed by atoms with Crippen LogP contribution in [-0.4, -0.2) is 16.0 Å². The predicted molar refractivity (Wildman–Crippen MR) is 98.0 cm³/mol. The molecule has 0 spiro atoms. The number of halogens is 2. The highest BCUT2D eigenvalue weighted by Gasteiger charge is 2.18. The highest BCUT2D eigenvalue weighted by molar-refractivity contribution is 9.10. The van der Waals surface area contributed by atoms with Crippen LogP contribution < -0.4 is 5.73 Å². The smallest absolute Gasteiger partial charge is 0.252 e. The number of hydrogen-bond donors (Lipinski definition) is 2. The van der Waals surface area contributed by atoms with Crippen LogP contribution in [0.5, 0.6) is 5.75 Å². The molecule has 24 heavy (non-hydrogen) atoms. The van der Waals surface area contributed by atoms with Crippen LogP contribution in [0.2, 0.25) is 5.02 Å². The lowest BCUT2D eigenvalue weighted by Gasteiger charge is -2.11. The monoisotopic (exact) mass is 402 g/mol. The summed E-state index contributed by atoms with van der Waals surface area (Å²) in [5.41, 5.74) is 7.68. The van der Waals surface area contributed by atoms with Crippen LogP contribution in [0.4, 0.5) is 0 Å². The maximum Gasteiger partial charge on any atom is 0.252 e. The van der Waals surface area contributed by atoms with Crippen molar-refractivity contribution in [3.63, 3.8) is 0 Å². The van der Waals surface area contributed by atoms with Gasteiger partial charge in [-0.05, 0) is 30.3 Å². The first-order chi connectivity index (χ1) is 11.5. The van der Waals surface area contributed by atoms with Gasteiger partial charge in [0, 0.05) is 20.6 Å². The number of carbonyl (C=O) groups excluding carboxylic acids is 1. The second-order valence-corrected chi connectivity index (χ2v) is 6.48. The lowest BCUT2D eigenvalue weighted by atomic mass is 10.0. The first kappa shape index (κ1) is 16.5. The SMILES string of the molecule is NC(=O)c1cc(-c2ccc(Br)cc2)nc(-c2ccc(Cl)cc2)c1O. The highest BCUT2D eigenvalue weighted by Crippen LogP contribution is 2.34. The fourth-order valence-corrected chi connectivity index (χ4v) is 2.69. The van der Waals surface area contributed by atoms with Crippen molar-refractivity contribution in [1.82, 2.24) is 4.98 Å². The van der Waals surface area contributed by atoms with E-state index < -0.39 is 5.91 Å².